The summed E-state index contributed by atoms with van der Waals surface area (Å²) < 4.78 is 32.8. The summed E-state index contributed by atoms with van der Waals surface area (Å²) in [6, 6.07) is 4.79. The Morgan fingerprint density at radius 3 is 2.78 bits per heavy atom. The third-order valence-corrected chi connectivity index (χ3v) is 4.81. The number of aryl methyl sites for hydroxylation is 1. The Bertz CT molecular complexity index is 1210. The third-order valence-electron chi connectivity index (χ3n) is 4.81. The number of hydrogen-bond acceptors (Lipinski definition) is 5. The predicted molar refractivity (Wildman–Crippen MR) is 97.5 cm³/mol. The van der Waals surface area contributed by atoms with E-state index < -0.39 is 17.6 Å². The fourth-order valence-corrected chi connectivity index (χ4v) is 3.23. The SMILES string of the molecule is C/C(=N\N)c1ccc2ncc(C(C)c3c(F)cc4c(cnn4C)c3F)n2n1. The van der Waals surface area contributed by atoms with Crippen LogP contribution in [0.4, 0.5) is 8.78 Å². The quantitative estimate of drug-likeness (QED) is 0.342. The first kappa shape index (κ1) is 17.1. The minimum absolute atomic E-state index is 0.0475. The van der Waals surface area contributed by atoms with Gasteiger partial charge in [-0.2, -0.15) is 15.3 Å². The molecule has 0 saturated carbocycles. The summed E-state index contributed by atoms with van der Waals surface area (Å²) in [5.41, 5.74) is 2.56. The lowest BCUT2D eigenvalue weighted by Crippen LogP contribution is -2.11. The fraction of sp³-hybridized carbons (Fsp3) is 0.222. The second-order valence-electron chi connectivity index (χ2n) is 6.39. The van der Waals surface area contributed by atoms with Gasteiger partial charge in [0.05, 0.1) is 34.7 Å². The van der Waals surface area contributed by atoms with Gasteiger partial charge in [-0.1, -0.05) is 6.92 Å². The number of rotatable bonds is 3. The molecule has 0 aliphatic heterocycles. The molecule has 0 saturated heterocycles. The third kappa shape index (κ3) is 2.54. The van der Waals surface area contributed by atoms with Gasteiger partial charge >= 0.3 is 0 Å². The van der Waals surface area contributed by atoms with Crippen LogP contribution in [0.15, 0.2) is 35.7 Å². The molecule has 0 aliphatic rings. The molecule has 138 valence electrons. The Morgan fingerprint density at radius 1 is 1.26 bits per heavy atom. The number of nitrogens with two attached hydrogens (primary N) is 1. The second-order valence-corrected chi connectivity index (χ2v) is 6.39. The highest BCUT2D eigenvalue weighted by Crippen LogP contribution is 2.33. The smallest absolute Gasteiger partial charge is 0.153 e. The number of imidazole rings is 1. The summed E-state index contributed by atoms with van der Waals surface area (Å²) in [6.07, 6.45) is 2.96. The van der Waals surface area contributed by atoms with Crippen LogP contribution >= 0.6 is 0 Å². The lowest BCUT2D eigenvalue weighted by molar-refractivity contribution is 0.550. The Balaban J connectivity index is 1.90. The van der Waals surface area contributed by atoms with Crippen LogP contribution in [0.25, 0.3) is 16.6 Å². The lowest BCUT2D eigenvalue weighted by atomic mass is 9.95. The highest BCUT2D eigenvalue weighted by molar-refractivity contribution is 5.96. The first-order valence-corrected chi connectivity index (χ1v) is 8.31. The number of hydrogen-bond donors (Lipinski definition) is 1. The van der Waals surface area contributed by atoms with Gasteiger partial charge in [0.2, 0.25) is 0 Å². The molecule has 3 aromatic heterocycles. The largest absolute Gasteiger partial charge is 0.323 e. The molecule has 0 amide bonds. The van der Waals surface area contributed by atoms with Crippen molar-refractivity contribution in [2.24, 2.45) is 18.0 Å². The van der Waals surface area contributed by atoms with Gasteiger partial charge in [-0.25, -0.2) is 18.3 Å². The minimum atomic E-state index is -0.637. The molecule has 1 atom stereocenters. The molecule has 0 fully saturated rings. The molecular formula is C18H17F2N7. The maximum Gasteiger partial charge on any atom is 0.153 e. The maximum absolute atomic E-state index is 15.1. The Hall–Kier alpha value is -3.36. The first-order chi connectivity index (χ1) is 12.9. The molecule has 2 N–H and O–H groups in total. The second kappa shape index (κ2) is 6.11. The van der Waals surface area contributed by atoms with Gasteiger partial charge in [-0.15, -0.1) is 0 Å². The zero-order valence-electron chi connectivity index (χ0n) is 15.0. The van der Waals surface area contributed by atoms with Crippen molar-refractivity contribution in [2.45, 2.75) is 19.8 Å². The molecule has 0 spiro atoms. The van der Waals surface area contributed by atoms with Crippen molar-refractivity contribution in [3.05, 3.63) is 59.2 Å². The lowest BCUT2D eigenvalue weighted by Gasteiger charge is -2.14. The summed E-state index contributed by atoms with van der Waals surface area (Å²) in [7, 11) is 1.64. The van der Waals surface area contributed by atoms with Crippen LogP contribution in [0.5, 0.6) is 0 Å². The van der Waals surface area contributed by atoms with Gasteiger partial charge in [0.1, 0.15) is 17.3 Å². The molecule has 4 aromatic rings. The molecule has 9 heteroatoms. The predicted octanol–water partition coefficient (Wildman–Crippen LogP) is 2.73. The summed E-state index contributed by atoms with van der Waals surface area (Å²) in [5, 5.41) is 12.4. The van der Waals surface area contributed by atoms with Crippen LogP contribution in [0, 0.1) is 11.6 Å². The molecule has 0 bridgehead atoms. The molecule has 1 aromatic carbocycles. The Morgan fingerprint density at radius 2 is 2.04 bits per heavy atom. The van der Waals surface area contributed by atoms with Crippen LogP contribution in [-0.2, 0) is 7.05 Å². The van der Waals surface area contributed by atoms with E-state index in [1.807, 2.05) is 0 Å². The molecule has 3 heterocycles. The zero-order chi connectivity index (χ0) is 19.3. The average molecular weight is 369 g/mol. The summed E-state index contributed by atoms with van der Waals surface area (Å²) >= 11 is 0. The first-order valence-electron chi connectivity index (χ1n) is 8.31. The van der Waals surface area contributed by atoms with Crippen molar-refractivity contribution < 1.29 is 8.78 Å². The molecule has 4 rings (SSSR count). The maximum atomic E-state index is 15.1. The normalized spacial score (nSPS) is 13.6. The van der Waals surface area contributed by atoms with E-state index in [9.17, 15) is 4.39 Å². The van der Waals surface area contributed by atoms with Gasteiger partial charge in [0, 0.05) is 24.6 Å². The summed E-state index contributed by atoms with van der Waals surface area (Å²) in [6.45, 7) is 3.44. The molecule has 0 aliphatic carbocycles. The summed E-state index contributed by atoms with van der Waals surface area (Å²) in [4.78, 5) is 4.29. The van der Waals surface area contributed by atoms with Gasteiger partial charge in [0.25, 0.3) is 0 Å². The van der Waals surface area contributed by atoms with E-state index in [1.165, 1.54) is 16.9 Å². The van der Waals surface area contributed by atoms with E-state index in [4.69, 9.17) is 5.84 Å². The highest BCUT2D eigenvalue weighted by atomic mass is 19.1. The van der Waals surface area contributed by atoms with Crippen LogP contribution in [-0.4, -0.2) is 30.1 Å². The molecule has 7 nitrogen and oxygen atoms in total. The van der Waals surface area contributed by atoms with Crippen molar-refractivity contribution >= 4 is 22.3 Å². The van der Waals surface area contributed by atoms with Gasteiger partial charge in [-0.05, 0) is 19.1 Å². The van der Waals surface area contributed by atoms with E-state index in [0.29, 0.717) is 28.3 Å². The number of aromatic nitrogens is 5. The van der Waals surface area contributed by atoms with Gasteiger partial charge in [-0.3, -0.25) is 4.68 Å². The van der Waals surface area contributed by atoms with Crippen molar-refractivity contribution in [3.8, 4) is 0 Å². The topological polar surface area (TPSA) is 86.4 Å². The van der Waals surface area contributed by atoms with E-state index in [-0.39, 0.29) is 10.9 Å². The van der Waals surface area contributed by atoms with Crippen molar-refractivity contribution in [2.75, 3.05) is 0 Å². The number of benzene rings is 1. The Labute approximate surface area is 153 Å². The zero-order valence-corrected chi connectivity index (χ0v) is 15.0. The van der Waals surface area contributed by atoms with E-state index >= 15 is 4.39 Å². The highest BCUT2D eigenvalue weighted by Gasteiger charge is 2.25. The molecule has 27 heavy (non-hydrogen) atoms. The average Bonchev–Trinajstić information content (AvgIpc) is 3.24. The van der Waals surface area contributed by atoms with Crippen molar-refractivity contribution in [1.82, 2.24) is 24.4 Å². The van der Waals surface area contributed by atoms with Gasteiger partial charge in [0.15, 0.2) is 5.65 Å². The van der Waals surface area contributed by atoms with Crippen LogP contribution in [0.2, 0.25) is 0 Å². The minimum Gasteiger partial charge on any atom is -0.323 e. The number of fused-ring (bicyclic) bond motifs is 2. The van der Waals surface area contributed by atoms with E-state index in [1.54, 1.807) is 43.7 Å². The molecule has 0 radical (unpaired) electrons. The number of nitrogens with zero attached hydrogens (tertiary/aromatic N) is 6. The van der Waals surface area contributed by atoms with Crippen molar-refractivity contribution in [1.29, 1.82) is 0 Å². The standard InChI is InChI=1S/C18H17F2N7/c1-9(17-12(19)6-14-11(18(17)20)7-23-26(14)3)15-8-22-16-5-4-13(10(2)24-21)25-27(15)16/h4-9H,21H2,1-3H3/b24-10+. The van der Waals surface area contributed by atoms with E-state index in [2.05, 4.69) is 20.3 Å². The number of halogens is 2. The monoisotopic (exact) mass is 369 g/mol. The Kier molecular flexibility index (Phi) is 3.87. The fourth-order valence-electron chi connectivity index (χ4n) is 3.23. The molecule has 1 unspecified atom stereocenters. The van der Waals surface area contributed by atoms with Crippen molar-refractivity contribution in [3.63, 3.8) is 0 Å². The van der Waals surface area contributed by atoms with Crippen LogP contribution in [0.3, 0.4) is 0 Å². The summed E-state index contributed by atoms with van der Waals surface area (Å²) in [5.74, 6) is 3.43. The number of hydrazone groups is 1. The van der Waals surface area contributed by atoms with Gasteiger partial charge < -0.3 is 5.84 Å². The molecular weight excluding hydrogens is 352 g/mol. The van der Waals surface area contributed by atoms with E-state index in [0.717, 1.165) is 0 Å². The van der Waals surface area contributed by atoms with Crippen LogP contribution in [0.1, 0.15) is 36.7 Å². The van der Waals surface area contributed by atoms with Crippen LogP contribution < -0.4 is 5.84 Å².